The van der Waals surface area contributed by atoms with Crippen LogP contribution in [0.2, 0.25) is 0 Å². The van der Waals surface area contributed by atoms with Crippen LogP contribution in [0.3, 0.4) is 0 Å². The van der Waals surface area contributed by atoms with Crippen molar-refractivity contribution in [1.29, 1.82) is 0 Å². The minimum atomic E-state index is -0.540. The van der Waals surface area contributed by atoms with Gasteiger partial charge in [0.2, 0.25) is 0 Å². The summed E-state index contributed by atoms with van der Waals surface area (Å²) in [5, 5.41) is 4.89. The van der Waals surface area contributed by atoms with Gasteiger partial charge in [-0.1, -0.05) is 12.1 Å². The molecule has 2 aromatic rings. The molecule has 0 spiro atoms. The number of nitrogens with two attached hydrogens (primary N) is 1. The summed E-state index contributed by atoms with van der Waals surface area (Å²) in [6.07, 6.45) is 2.49. The highest BCUT2D eigenvalue weighted by Gasteiger charge is 2.25. The van der Waals surface area contributed by atoms with Crippen LogP contribution in [0.4, 0.5) is 0 Å². The number of thiazole rings is 1. The van der Waals surface area contributed by atoms with E-state index in [4.69, 9.17) is 10.3 Å². The lowest BCUT2D eigenvalue weighted by molar-refractivity contribution is 0.379. The second-order valence-electron chi connectivity index (χ2n) is 3.94. The Morgan fingerprint density at radius 1 is 1.56 bits per heavy atom. The Morgan fingerprint density at radius 3 is 2.88 bits per heavy atom. The molecule has 16 heavy (non-hydrogen) atoms. The minimum absolute atomic E-state index is 0.491. The van der Waals surface area contributed by atoms with Crippen molar-refractivity contribution in [3.63, 3.8) is 0 Å². The monoisotopic (exact) mass is 238 g/mol. The summed E-state index contributed by atoms with van der Waals surface area (Å²) in [5.41, 5.74) is 5.50. The van der Waals surface area contributed by atoms with E-state index in [9.17, 15) is 0 Å². The van der Waals surface area contributed by atoms with Crippen LogP contribution >= 0.6 is 11.3 Å². The van der Waals surface area contributed by atoms with Gasteiger partial charge in [-0.15, -0.1) is 11.3 Å². The predicted molar refractivity (Wildman–Crippen MR) is 62.0 cm³/mol. The lowest BCUT2D eigenvalue weighted by Crippen LogP contribution is -2.33. The molecule has 2 aromatic heterocycles. The fourth-order valence-electron chi connectivity index (χ4n) is 1.17. The third-order valence-electron chi connectivity index (χ3n) is 2.50. The lowest BCUT2D eigenvalue weighted by Gasteiger charge is -2.16. The molecule has 0 bridgehead atoms. The van der Waals surface area contributed by atoms with Crippen molar-refractivity contribution < 1.29 is 4.52 Å². The fraction of sp³-hybridized carbons (Fsp3) is 0.500. The van der Waals surface area contributed by atoms with Crippen LogP contribution in [0.1, 0.15) is 31.1 Å². The number of hydrogen-bond acceptors (Lipinski definition) is 6. The highest BCUT2D eigenvalue weighted by Crippen LogP contribution is 2.26. The van der Waals surface area contributed by atoms with Gasteiger partial charge in [-0.3, -0.25) is 0 Å². The highest BCUT2D eigenvalue weighted by atomic mass is 32.1. The molecule has 5 nitrogen and oxygen atoms in total. The highest BCUT2D eigenvalue weighted by molar-refractivity contribution is 7.14. The molecule has 2 heterocycles. The first-order chi connectivity index (χ1) is 7.53. The first-order valence-electron chi connectivity index (χ1n) is 5.09. The Morgan fingerprint density at radius 2 is 2.31 bits per heavy atom. The maximum Gasteiger partial charge on any atom is 0.269 e. The molecule has 0 aliphatic carbocycles. The van der Waals surface area contributed by atoms with Crippen molar-refractivity contribution in [2.45, 2.75) is 32.7 Å². The van der Waals surface area contributed by atoms with Crippen LogP contribution in [0.5, 0.6) is 0 Å². The third-order valence-corrected chi connectivity index (χ3v) is 3.40. The molecule has 2 rings (SSSR count). The van der Waals surface area contributed by atoms with E-state index in [1.165, 1.54) is 11.3 Å². The number of rotatable bonds is 3. The standard InChI is InChI=1S/C10H14N4OS/c1-4-10(3,11)9-13-8(15-14-9)7-5-12-6(2)16-7/h5H,4,11H2,1-3H3. The zero-order chi connectivity index (χ0) is 11.8. The van der Waals surface area contributed by atoms with Gasteiger partial charge in [0.05, 0.1) is 16.7 Å². The number of aromatic nitrogens is 3. The van der Waals surface area contributed by atoms with Crippen molar-refractivity contribution in [3.8, 4) is 10.8 Å². The Hall–Kier alpha value is -1.27. The molecule has 0 amide bonds. The van der Waals surface area contributed by atoms with Crippen molar-refractivity contribution in [2.24, 2.45) is 5.73 Å². The van der Waals surface area contributed by atoms with E-state index in [1.807, 2.05) is 20.8 Å². The molecule has 6 heteroatoms. The molecular weight excluding hydrogens is 224 g/mol. The summed E-state index contributed by atoms with van der Waals surface area (Å²) in [6.45, 7) is 5.82. The fourth-order valence-corrected chi connectivity index (χ4v) is 1.87. The van der Waals surface area contributed by atoms with Crippen LogP contribution in [0, 0.1) is 6.92 Å². The smallest absolute Gasteiger partial charge is 0.269 e. The molecular formula is C10H14N4OS. The quantitative estimate of drug-likeness (QED) is 0.885. The van der Waals surface area contributed by atoms with E-state index < -0.39 is 5.54 Å². The maximum absolute atomic E-state index is 6.04. The normalized spacial score (nSPS) is 15.0. The van der Waals surface area contributed by atoms with E-state index in [1.54, 1.807) is 6.20 Å². The van der Waals surface area contributed by atoms with Crippen LogP contribution in [-0.4, -0.2) is 15.1 Å². The Bertz CT molecular complexity index is 488. The summed E-state index contributed by atoms with van der Waals surface area (Å²) in [7, 11) is 0. The van der Waals surface area contributed by atoms with Gasteiger partial charge in [-0.25, -0.2) is 4.98 Å². The van der Waals surface area contributed by atoms with Crippen molar-refractivity contribution in [3.05, 3.63) is 17.0 Å². The zero-order valence-electron chi connectivity index (χ0n) is 9.52. The number of aryl methyl sites for hydroxylation is 1. The molecule has 0 radical (unpaired) electrons. The van der Waals surface area contributed by atoms with Gasteiger partial charge < -0.3 is 10.3 Å². The maximum atomic E-state index is 6.04. The van der Waals surface area contributed by atoms with Crippen LogP contribution in [0.25, 0.3) is 10.8 Å². The first-order valence-corrected chi connectivity index (χ1v) is 5.90. The summed E-state index contributed by atoms with van der Waals surface area (Å²) >= 11 is 1.52. The number of hydrogen-bond donors (Lipinski definition) is 1. The largest absolute Gasteiger partial charge is 0.333 e. The van der Waals surface area contributed by atoms with Gasteiger partial charge in [0.15, 0.2) is 5.82 Å². The summed E-state index contributed by atoms with van der Waals surface area (Å²) < 4.78 is 5.18. The van der Waals surface area contributed by atoms with Crippen molar-refractivity contribution >= 4 is 11.3 Å². The van der Waals surface area contributed by atoms with Crippen molar-refractivity contribution in [2.75, 3.05) is 0 Å². The molecule has 0 saturated carbocycles. The Labute approximate surface area is 97.7 Å². The third kappa shape index (κ3) is 1.98. The topological polar surface area (TPSA) is 77.8 Å². The molecule has 0 aliphatic heterocycles. The summed E-state index contributed by atoms with van der Waals surface area (Å²) in [4.78, 5) is 9.33. The zero-order valence-corrected chi connectivity index (χ0v) is 10.3. The van der Waals surface area contributed by atoms with Gasteiger partial charge in [0.25, 0.3) is 5.89 Å². The molecule has 0 aliphatic rings. The SMILES string of the molecule is CCC(C)(N)c1noc(-c2cnc(C)s2)n1. The van der Waals surface area contributed by atoms with Gasteiger partial charge in [0, 0.05) is 0 Å². The lowest BCUT2D eigenvalue weighted by atomic mass is 10.0. The molecule has 86 valence electrons. The van der Waals surface area contributed by atoms with Crippen molar-refractivity contribution in [1.82, 2.24) is 15.1 Å². The second kappa shape index (κ2) is 3.95. The molecule has 0 fully saturated rings. The summed E-state index contributed by atoms with van der Waals surface area (Å²) in [6, 6.07) is 0. The molecule has 0 saturated heterocycles. The average Bonchev–Trinajstić information content (AvgIpc) is 2.85. The Kier molecular flexibility index (Phi) is 2.77. The molecule has 2 N–H and O–H groups in total. The van der Waals surface area contributed by atoms with Gasteiger partial charge in [0.1, 0.15) is 4.88 Å². The first kappa shape index (κ1) is 11.2. The second-order valence-corrected chi connectivity index (χ2v) is 5.17. The molecule has 1 atom stereocenters. The van der Waals surface area contributed by atoms with Crippen LogP contribution in [-0.2, 0) is 5.54 Å². The van der Waals surface area contributed by atoms with E-state index >= 15 is 0 Å². The van der Waals surface area contributed by atoms with E-state index in [0.29, 0.717) is 11.7 Å². The average molecular weight is 238 g/mol. The van der Waals surface area contributed by atoms with Gasteiger partial charge in [-0.05, 0) is 20.3 Å². The van der Waals surface area contributed by atoms with Crippen LogP contribution in [0.15, 0.2) is 10.7 Å². The van der Waals surface area contributed by atoms with E-state index in [2.05, 4.69) is 15.1 Å². The minimum Gasteiger partial charge on any atom is -0.333 e. The Balaban J connectivity index is 2.33. The number of nitrogens with zero attached hydrogens (tertiary/aromatic N) is 3. The van der Waals surface area contributed by atoms with E-state index in [0.717, 1.165) is 16.3 Å². The van der Waals surface area contributed by atoms with E-state index in [-0.39, 0.29) is 0 Å². The van der Waals surface area contributed by atoms with Crippen LogP contribution < -0.4 is 5.73 Å². The summed E-state index contributed by atoms with van der Waals surface area (Å²) in [5.74, 6) is 1.03. The molecule has 0 aromatic carbocycles. The van der Waals surface area contributed by atoms with Gasteiger partial charge in [-0.2, -0.15) is 4.98 Å². The van der Waals surface area contributed by atoms with Gasteiger partial charge >= 0.3 is 0 Å². The predicted octanol–water partition coefficient (Wildman–Crippen LogP) is 2.09. The molecule has 1 unspecified atom stereocenters.